The summed E-state index contributed by atoms with van der Waals surface area (Å²) in [7, 11) is 1.72. The van der Waals surface area contributed by atoms with Crippen molar-refractivity contribution in [1.82, 2.24) is 4.90 Å². The van der Waals surface area contributed by atoms with E-state index in [1.165, 1.54) is 0 Å². The third-order valence-corrected chi connectivity index (χ3v) is 2.93. The number of carbonyl (C=O) groups excluding carboxylic acids is 1. The van der Waals surface area contributed by atoms with E-state index in [0.717, 1.165) is 5.56 Å². The predicted molar refractivity (Wildman–Crippen MR) is 68.5 cm³/mol. The minimum absolute atomic E-state index is 0.0717. The molecule has 0 bridgehead atoms. The van der Waals surface area contributed by atoms with E-state index in [1.807, 2.05) is 26.0 Å². The second-order valence-electron chi connectivity index (χ2n) is 3.90. The normalized spacial score (nSPS) is 12.3. The first-order valence-electron chi connectivity index (χ1n) is 5.08. The zero-order valence-electron chi connectivity index (χ0n) is 9.63. The van der Waals surface area contributed by atoms with E-state index >= 15 is 0 Å². The summed E-state index contributed by atoms with van der Waals surface area (Å²) < 4.78 is 0. The first-order valence-corrected chi connectivity index (χ1v) is 5.89. The molecule has 0 aliphatic carbocycles. The lowest BCUT2D eigenvalue weighted by Gasteiger charge is -2.19. The molecule has 1 rings (SSSR count). The Bertz CT molecular complexity index is 391. The van der Waals surface area contributed by atoms with E-state index < -0.39 is 0 Å². The van der Waals surface area contributed by atoms with E-state index in [0.29, 0.717) is 17.1 Å². The van der Waals surface area contributed by atoms with Crippen molar-refractivity contribution in [3.8, 4) is 0 Å². The second kappa shape index (κ2) is 5.55. The largest absolute Gasteiger partial charge is 0.340 e. The van der Waals surface area contributed by atoms with Crippen molar-refractivity contribution in [3.63, 3.8) is 0 Å². The zero-order valence-corrected chi connectivity index (χ0v) is 11.1. The number of nitrogens with zero attached hydrogens (tertiary/aromatic N) is 1. The van der Waals surface area contributed by atoms with Gasteiger partial charge in [0.25, 0.3) is 5.91 Å². The number of carbonyl (C=O) groups is 1. The van der Waals surface area contributed by atoms with Crippen LogP contribution in [0.25, 0.3) is 0 Å². The molecular weight excluding hydrogens is 245 g/mol. The molecular formula is C12H15Cl2NO. The van der Waals surface area contributed by atoms with Gasteiger partial charge in [0.1, 0.15) is 0 Å². The Kier molecular flexibility index (Phi) is 4.63. The Hall–Kier alpha value is -0.730. The molecule has 0 N–H and O–H groups in total. The number of amides is 1. The molecule has 4 heteroatoms. The van der Waals surface area contributed by atoms with Gasteiger partial charge in [-0.25, -0.2) is 0 Å². The zero-order chi connectivity index (χ0) is 12.3. The lowest BCUT2D eigenvalue weighted by molar-refractivity contribution is 0.0796. The van der Waals surface area contributed by atoms with Crippen molar-refractivity contribution in [2.24, 2.45) is 0 Å². The van der Waals surface area contributed by atoms with Crippen molar-refractivity contribution in [2.75, 3.05) is 13.6 Å². The molecule has 1 amide bonds. The number of hydrogen-bond donors (Lipinski definition) is 0. The summed E-state index contributed by atoms with van der Waals surface area (Å²) in [4.78, 5) is 13.6. The third-order valence-electron chi connectivity index (χ3n) is 2.29. The van der Waals surface area contributed by atoms with Crippen molar-refractivity contribution < 1.29 is 4.79 Å². The topological polar surface area (TPSA) is 20.3 Å². The number of aryl methyl sites for hydroxylation is 1. The number of alkyl halides is 1. The third kappa shape index (κ3) is 3.13. The van der Waals surface area contributed by atoms with Gasteiger partial charge in [-0.1, -0.05) is 23.7 Å². The molecule has 2 nitrogen and oxygen atoms in total. The standard InChI is InChI=1S/C12H15Cl2NO/c1-8-5-4-6-10(11(8)14)12(16)15(3)7-9(2)13/h4-6,9H,7H2,1-3H3. The maximum atomic E-state index is 12.0. The maximum Gasteiger partial charge on any atom is 0.255 e. The monoisotopic (exact) mass is 259 g/mol. The highest BCUT2D eigenvalue weighted by Gasteiger charge is 2.16. The molecule has 0 spiro atoms. The van der Waals surface area contributed by atoms with Crippen LogP contribution in [-0.4, -0.2) is 29.8 Å². The number of benzene rings is 1. The van der Waals surface area contributed by atoms with Gasteiger partial charge in [0, 0.05) is 19.0 Å². The van der Waals surface area contributed by atoms with Crippen LogP contribution in [0, 0.1) is 6.92 Å². The van der Waals surface area contributed by atoms with Crippen LogP contribution in [0.3, 0.4) is 0 Å². The van der Waals surface area contributed by atoms with Crippen LogP contribution in [0.1, 0.15) is 22.8 Å². The van der Waals surface area contributed by atoms with Crippen LogP contribution < -0.4 is 0 Å². The molecule has 88 valence electrons. The molecule has 0 aromatic heterocycles. The smallest absolute Gasteiger partial charge is 0.255 e. The van der Waals surface area contributed by atoms with E-state index in [4.69, 9.17) is 23.2 Å². The molecule has 0 aliphatic heterocycles. The molecule has 0 radical (unpaired) electrons. The molecule has 0 aliphatic rings. The minimum Gasteiger partial charge on any atom is -0.340 e. The van der Waals surface area contributed by atoms with Crippen LogP contribution in [-0.2, 0) is 0 Å². The number of halogens is 2. The van der Waals surface area contributed by atoms with E-state index in [9.17, 15) is 4.79 Å². The summed E-state index contributed by atoms with van der Waals surface area (Å²) in [5.74, 6) is -0.0961. The molecule has 0 heterocycles. The number of rotatable bonds is 3. The summed E-state index contributed by atoms with van der Waals surface area (Å²) in [5.41, 5.74) is 1.43. The number of hydrogen-bond acceptors (Lipinski definition) is 1. The van der Waals surface area contributed by atoms with Gasteiger partial charge in [0.2, 0.25) is 0 Å². The summed E-state index contributed by atoms with van der Waals surface area (Å²) in [5, 5.41) is 0.444. The first kappa shape index (κ1) is 13.3. The van der Waals surface area contributed by atoms with Crippen molar-refractivity contribution >= 4 is 29.1 Å². The SMILES string of the molecule is Cc1cccc(C(=O)N(C)CC(C)Cl)c1Cl. The Labute approximate surface area is 106 Å². The highest BCUT2D eigenvalue weighted by atomic mass is 35.5. The first-order chi connectivity index (χ1) is 7.43. The Morgan fingerprint density at radius 2 is 2.12 bits per heavy atom. The van der Waals surface area contributed by atoms with Crippen LogP contribution >= 0.6 is 23.2 Å². The molecule has 1 unspecified atom stereocenters. The summed E-state index contributed by atoms with van der Waals surface area (Å²) in [6.45, 7) is 4.23. The van der Waals surface area contributed by atoms with Crippen molar-refractivity contribution in [1.29, 1.82) is 0 Å². The molecule has 0 saturated carbocycles. The minimum atomic E-state index is -0.0961. The molecule has 0 saturated heterocycles. The maximum absolute atomic E-state index is 12.0. The van der Waals surface area contributed by atoms with Gasteiger partial charge < -0.3 is 4.90 Å². The fourth-order valence-electron chi connectivity index (χ4n) is 1.48. The van der Waals surface area contributed by atoms with Gasteiger partial charge in [-0.2, -0.15) is 0 Å². The summed E-state index contributed by atoms with van der Waals surface area (Å²) in [6, 6.07) is 5.43. The Morgan fingerprint density at radius 1 is 1.50 bits per heavy atom. The lowest BCUT2D eigenvalue weighted by Crippen LogP contribution is -2.31. The fraction of sp³-hybridized carbons (Fsp3) is 0.417. The van der Waals surface area contributed by atoms with Gasteiger partial charge in [0.05, 0.1) is 10.6 Å². The quantitative estimate of drug-likeness (QED) is 0.763. The average Bonchev–Trinajstić information content (AvgIpc) is 2.20. The van der Waals surface area contributed by atoms with Gasteiger partial charge in [-0.05, 0) is 25.5 Å². The van der Waals surface area contributed by atoms with Crippen LogP contribution in [0.15, 0.2) is 18.2 Å². The second-order valence-corrected chi connectivity index (χ2v) is 5.03. The molecule has 16 heavy (non-hydrogen) atoms. The average molecular weight is 260 g/mol. The Morgan fingerprint density at radius 3 is 2.69 bits per heavy atom. The van der Waals surface area contributed by atoms with Crippen molar-refractivity contribution in [2.45, 2.75) is 19.2 Å². The molecule has 0 fully saturated rings. The van der Waals surface area contributed by atoms with E-state index in [-0.39, 0.29) is 11.3 Å². The van der Waals surface area contributed by atoms with Gasteiger partial charge in [-0.15, -0.1) is 11.6 Å². The molecule has 1 atom stereocenters. The highest BCUT2D eigenvalue weighted by Crippen LogP contribution is 2.21. The molecule has 1 aromatic rings. The van der Waals surface area contributed by atoms with Gasteiger partial charge >= 0.3 is 0 Å². The predicted octanol–water partition coefficient (Wildman–Crippen LogP) is 3.35. The van der Waals surface area contributed by atoms with Crippen LogP contribution in [0.4, 0.5) is 0 Å². The van der Waals surface area contributed by atoms with Crippen LogP contribution in [0.5, 0.6) is 0 Å². The van der Waals surface area contributed by atoms with Gasteiger partial charge in [0.15, 0.2) is 0 Å². The van der Waals surface area contributed by atoms with Crippen molar-refractivity contribution in [3.05, 3.63) is 34.3 Å². The summed E-state index contributed by atoms with van der Waals surface area (Å²) in [6.07, 6.45) is 0. The van der Waals surface area contributed by atoms with E-state index in [1.54, 1.807) is 18.0 Å². The molecule has 1 aromatic carbocycles. The Balaban J connectivity index is 2.92. The lowest BCUT2D eigenvalue weighted by atomic mass is 10.1. The van der Waals surface area contributed by atoms with Crippen LogP contribution in [0.2, 0.25) is 5.02 Å². The highest BCUT2D eigenvalue weighted by molar-refractivity contribution is 6.34. The fourth-order valence-corrected chi connectivity index (χ4v) is 1.89. The van der Waals surface area contributed by atoms with Gasteiger partial charge in [-0.3, -0.25) is 4.79 Å². The van der Waals surface area contributed by atoms with E-state index in [2.05, 4.69) is 0 Å². The summed E-state index contributed by atoms with van der Waals surface area (Å²) >= 11 is 11.9.